The van der Waals surface area contributed by atoms with E-state index in [-0.39, 0.29) is 9.15 Å². The number of benzene rings is 1. The standard InChI is InChI=1S/C8H5Cl5Si/c9-7(10)8(11)14(12,13)6-4-2-1-3-5-6/h1-5H. The molecule has 76 valence electrons. The van der Waals surface area contributed by atoms with E-state index in [0.29, 0.717) is 0 Å². The van der Waals surface area contributed by atoms with Gasteiger partial charge in [0.25, 0.3) is 0 Å². The van der Waals surface area contributed by atoms with Crippen LogP contribution in [0.25, 0.3) is 0 Å². The zero-order valence-corrected chi connectivity index (χ0v) is 11.6. The minimum Gasteiger partial charge on any atom is -0.133 e. The second-order valence-corrected chi connectivity index (χ2v) is 10.4. The van der Waals surface area contributed by atoms with Crippen LogP contribution in [0, 0.1) is 0 Å². The molecule has 0 radical (unpaired) electrons. The summed E-state index contributed by atoms with van der Waals surface area (Å²) in [7, 11) is 0. The molecule has 0 saturated carbocycles. The van der Waals surface area contributed by atoms with E-state index in [0.717, 1.165) is 5.19 Å². The summed E-state index contributed by atoms with van der Waals surface area (Å²) in [5.74, 6) is 0. The zero-order chi connectivity index (χ0) is 10.8. The Morgan fingerprint density at radius 3 is 1.86 bits per heavy atom. The van der Waals surface area contributed by atoms with Crippen molar-refractivity contribution in [2.75, 3.05) is 0 Å². The van der Waals surface area contributed by atoms with Gasteiger partial charge in [0.15, 0.2) is 0 Å². The smallest absolute Gasteiger partial charge is 0.133 e. The average Bonchev–Trinajstić information content (AvgIpc) is 2.18. The van der Waals surface area contributed by atoms with Crippen molar-refractivity contribution < 1.29 is 0 Å². The molecule has 14 heavy (non-hydrogen) atoms. The highest BCUT2D eigenvalue weighted by Gasteiger charge is 2.36. The Hall–Kier alpha value is 0.627. The lowest BCUT2D eigenvalue weighted by Crippen LogP contribution is -2.37. The Morgan fingerprint density at radius 2 is 1.43 bits per heavy atom. The van der Waals surface area contributed by atoms with Crippen molar-refractivity contribution in [1.82, 2.24) is 0 Å². The molecular formula is C8H5Cl5Si. The maximum Gasteiger partial charge on any atom is 0.323 e. The molecule has 6 heteroatoms. The Bertz CT molecular complexity index is 342. The summed E-state index contributed by atoms with van der Waals surface area (Å²) >= 11 is 29.2. The fourth-order valence-corrected chi connectivity index (χ4v) is 5.08. The van der Waals surface area contributed by atoms with E-state index >= 15 is 0 Å². The van der Waals surface area contributed by atoms with E-state index < -0.39 is 6.69 Å². The maximum atomic E-state index is 6.15. The topological polar surface area (TPSA) is 0 Å². The van der Waals surface area contributed by atoms with Gasteiger partial charge in [0.2, 0.25) is 0 Å². The van der Waals surface area contributed by atoms with Crippen LogP contribution in [-0.2, 0) is 0 Å². The molecule has 0 atom stereocenters. The minimum atomic E-state index is -2.92. The third kappa shape index (κ3) is 2.81. The summed E-state index contributed by atoms with van der Waals surface area (Å²) < 4.78 is 0.0579. The molecule has 0 bridgehead atoms. The summed E-state index contributed by atoms with van der Waals surface area (Å²) in [6, 6.07) is 9.11. The van der Waals surface area contributed by atoms with E-state index in [2.05, 4.69) is 0 Å². The van der Waals surface area contributed by atoms with Crippen molar-refractivity contribution in [3.05, 3.63) is 39.5 Å². The van der Waals surface area contributed by atoms with Crippen LogP contribution >= 0.6 is 57.0 Å². The van der Waals surface area contributed by atoms with E-state index in [1.165, 1.54) is 0 Å². The Labute approximate surface area is 108 Å². The van der Waals surface area contributed by atoms with Crippen LogP contribution in [0.2, 0.25) is 0 Å². The average molecular weight is 306 g/mol. The van der Waals surface area contributed by atoms with Crippen molar-refractivity contribution in [3.8, 4) is 0 Å². The third-order valence-corrected chi connectivity index (χ3v) is 8.39. The minimum absolute atomic E-state index is 0.0767. The van der Waals surface area contributed by atoms with Crippen LogP contribution in [0.15, 0.2) is 39.5 Å². The first kappa shape index (κ1) is 12.7. The first-order chi connectivity index (χ1) is 6.46. The summed E-state index contributed by atoms with van der Waals surface area (Å²) in [4.78, 5) is 0. The maximum absolute atomic E-state index is 6.15. The molecule has 1 aromatic carbocycles. The molecule has 0 fully saturated rings. The molecule has 1 aromatic rings. The lowest BCUT2D eigenvalue weighted by atomic mass is 10.4. The van der Waals surface area contributed by atoms with Crippen molar-refractivity contribution in [1.29, 1.82) is 0 Å². The van der Waals surface area contributed by atoms with Gasteiger partial charge in [-0.15, -0.1) is 22.2 Å². The van der Waals surface area contributed by atoms with E-state index in [1.54, 1.807) is 12.1 Å². The molecule has 1 rings (SSSR count). The van der Waals surface area contributed by atoms with Crippen LogP contribution in [0.4, 0.5) is 0 Å². The van der Waals surface area contributed by atoms with Gasteiger partial charge >= 0.3 is 6.69 Å². The van der Waals surface area contributed by atoms with Crippen molar-refractivity contribution in [2.45, 2.75) is 0 Å². The fourth-order valence-electron chi connectivity index (χ4n) is 0.893. The van der Waals surface area contributed by atoms with Gasteiger partial charge in [-0.3, -0.25) is 0 Å². The largest absolute Gasteiger partial charge is 0.323 e. The Balaban J connectivity index is 3.15. The number of hydrogen-bond acceptors (Lipinski definition) is 0. The highest BCUT2D eigenvalue weighted by Crippen LogP contribution is 2.32. The first-order valence-electron chi connectivity index (χ1n) is 3.61. The highest BCUT2D eigenvalue weighted by atomic mass is 35.7. The van der Waals surface area contributed by atoms with Crippen LogP contribution < -0.4 is 5.19 Å². The van der Waals surface area contributed by atoms with Crippen LogP contribution in [-0.4, -0.2) is 6.69 Å². The van der Waals surface area contributed by atoms with Gasteiger partial charge in [0.1, 0.15) is 4.49 Å². The molecule has 0 aliphatic rings. The number of hydrogen-bond donors (Lipinski definition) is 0. The van der Waals surface area contributed by atoms with Gasteiger partial charge in [-0.1, -0.05) is 65.1 Å². The molecule has 0 heterocycles. The van der Waals surface area contributed by atoms with E-state index in [9.17, 15) is 0 Å². The lowest BCUT2D eigenvalue weighted by molar-refractivity contribution is 1.76. The summed E-state index contributed by atoms with van der Waals surface area (Å²) in [6.07, 6.45) is 0. The summed E-state index contributed by atoms with van der Waals surface area (Å²) in [5.41, 5.74) is 0. The SMILES string of the molecule is ClC(Cl)=C(Cl)[Si](Cl)(Cl)c1ccccc1. The molecule has 0 aromatic heterocycles. The zero-order valence-electron chi connectivity index (χ0n) is 6.78. The van der Waals surface area contributed by atoms with Gasteiger partial charge in [0.05, 0.1) is 4.66 Å². The predicted octanol–water partition coefficient (Wildman–Crippen LogP) is 4.24. The predicted molar refractivity (Wildman–Crippen MR) is 68.1 cm³/mol. The molecule has 0 aliphatic heterocycles. The molecule has 0 unspecified atom stereocenters. The second kappa shape index (κ2) is 5.11. The molecule has 0 saturated heterocycles. The molecule has 0 aliphatic carbocycles. The summed E-state index contributed by atoms with van der Waals surface area (Å²) in [6.45, 7) is -2.92. The van der Waals surface area contributed by atoms with Crippen LogP contribution in [0.3, 0.4) is 0 Å². The molecule has 0 nitrogen and oxygen atoms in total. The summed E-state index contributed by atoms with van der Waals surface area (Å²) in [5, 5.41) is 0.757. The Kier molecular flexibility index (Phi) is 4.63. The van der Waals surface area contributed by atoms with E-state index in [1.807, 2.05) is 18.2 Å². The Morgan fingerprint density at radius 1 is 0.929 bits per heavy atom. The van der Waals surface area contributed by atoms with Crippen molar-refractivity contribution in [2.24, 2.45) is 0 Å². The number of rotatable bonds is 2. The van der Waals surface area contributed by atoms with Gasteiger partial charge in [-0.05, 0) is 5.19 Å². The molecule has 0 amide bonds. The van der Waals surface area contributed by atoms with Gasteiger partial charge in [0, 0.05) is 0 Å². The lowest BCUT2D eigenvalue weighted by Gasteiger charge is -2.15. The van der Waals surface area contributed by atoms with E-state index in [4.69, 9.17) is 57.0 Å². The quantitative estimate of drug-likeness (QED) is 0.566. The molecule has 0 N–H and O–H groups in total. The van der Waals surface area contributed by atoms with Crippen molar-refractivity contribution >= 4 is 68.8 Å². The van der Waals surface area contributed by atoms with Crippen LogP contribution in [0.1, 0.15) is 0 Å². The van der Waals surface area contributed by atoms with Crippen LogP contribution in [0.5, 0.6) is 0 Å². The monoisotopic (exact) mass is 304 g/mol. The van der Waals surface area contributed by atoms with Gasteiger partial charge < -0.3 is 0 Å². The number of halogens is 5. The fraction of sp³-hybridized carbons (Fsp3) is 0. The van der Waals surface area contributed by atoms with Crippen molar-refractivity contribution in [3.63, 3.8) is 0 Å². The highest BCUT2D eigenvalue weighted by molar-refractivity contribution is 7.55. The van der Waals surface area contributed by atoms with Gasteiger partial charge in [-0.25, -0.2) is 0 Å². The normalized spacial score (nSPS) is 11.2. The molecule has 0 spiro atoms. The molecular weight excluding hydrogens is 301 g/mol. The first-order valence-corrected chi connectivity index (χ1v) is 8.76. The van der Waals surface area contributed by atoms with Gasteiger partial charge in [-0.2, -0.15) is 0 Å². The second-order valence-electron chi connectivity index (χ2n) is 2.51. The third-order valence-electron chi connectivity index (χ3n) is 1.58.